The number of aliphatic hydroxyl groups is 1. The summed E-state index contributed by atoms with van der Waals surface area (Å²) in [5.74, 6) is -7.59. The van der Waals surface area contributed by atoms with E-state index in [1.807, 2.05) is 5.32 Å². The minimum absolute atomic E-state index is 0.270. The van der Waals surface area contributed by atoms with Crippen LogP contribution >= 0.6 is 0 Å². The lowest BCUT2D eigenvalue weighted by molar-refractivity contribution is -0.145. The van der Waals surface area contributed by atoms with Crippen molar-refractivity contribution in [1.82, 2.24) is 16.0 Å². The third-order valence-electron chi connectivity index (χ3n) is 4.90. The van der Waals surface area contributed by atoms with Gasteiger partial charge in [0, 0.05) is 6.42 Å². The Kier molecular flexibility index (Phi) is 12.6. The van der Waals surface area contributed by atoms with Crippen LogP contribution in [-0.4, -0.2) is 86.3 Å². The second-order valence-corrected chi connectivity index (χ2v) is 7.63. The minimum Gasteiger partial charge on any atom is -0.481 e. The number of carboxylic acids is 3. The molecule has 14 heteroatoms. The van der Waals surface area contributed by atoms with E-state index in [1.54, 1.807) is 13.8 Å². The molecule has 188 valence electrons. The van der Waals surface area contributed by atoms with Gasteiger partial charge in [0.2, 0.25) is 17.7 Å². The molecule has 0 saturated heterocycles. The van der Waals surface area contributed by atoms with Gasteiger partial charge in [-0.15, -0.1) is 0 Å². The van der Waals surface area contributed by atoms with Crippen LogP contribution in [0.1, 0.15) is 46.5 Å². The SMILES string of the molecule is CCC(C)C(N)C(=O)NC(CC(=O)O)C(=O)NC(C(=O)NC(CCC(=O)O)C(=O)O)C(C)O. The lowest BCUT2D eigenvalue weighted by Gasteiger charge is -2.26. The minimum atomic E-state index is -1.72. The van der Waals surface area contributed by atoms with Gasteiger partial charge in [0.25, 0.3) is 0 Å². The van der Waals surface area contributed by atoms with Crippen LogP contribution in [0, 0.1) is 5.92 Å². The van der Waals surface area contributed by atoms with Gasteiger partial charge in [-0.1, -0.05) is 20.3 Å². The van der Waals surface area contributed by atoms with Gasteiger partial charge in [0.15, 0.2) is 0 Å². The maximum absolute atomic E-state index is 12.6. The average Bonchev–Trinajstić information content (AvgIpc) is 2.71. The highest BCUT2D eigenvalue weighted by Crippen LogP contribution is 2.07. The first-order chi connectivity index (χ1) is 15.2. The van der Waals surface area contributed by atoms with E-state index >= 15 is 0 Å². The first-order valence-electron chi connectivity index (χ1n) is 10.2. The largest absolute Gasteiger partial charge is 0.481 e. The molecule has 0 spiro atoms. The Morgan fingerprint density at radius 2 is 1.36 bits per heavy atom. The van der Waals surface area contributed by atoms with Gasteiger partial charge in [0.1, 0.15) is 18.1 Å². The van der Waals surface area contributed by atoms with Crippen molar-refractivity contribution in [3.05, 3.63) is 0 Å². The topological polar surface area (TPSA) is 245 Å². The van der Waals surface area contributed by atoms with Crippen molar-refractivity contribution in [2.75, 3.05) is 0 Å². The number of carbonyl (C=O) groups is 6. The number of carboxylic acid groups (broad SMARTS) is 3. The predicted molar refractivity (Wildman–Crippen MR) is 112 cm³/mol. The third-order valence-corrected chi connectivity index (χ3v) is 4.90. The molecule has 14 nitrogen and oxygen atoms in total. The molecule has 0 aliphatic rings. The zero-order valence-electron chi connectivity index (χ0n) is 18.6. The maximum atomic E-state index is 12.6. The number of hydrogen-bond acceptors (Lipinski definition) is 8. The molecule has 0 fully saturated rings. The molecule has 0 aromatic rings. The zero-order valence-corrected chi connectivity index (χ0v) is 18.6. The number of amides is 3. The van der Waals surface area contributed by atoms with E-state index in [-0.39, 0.29) is 5.92 Å². The van der Waals surface area contributed by atoms with Crippen molar-refractivity contribution >= 4 is 35.6 Å². The molecule has 0 aliphatic carbocycles. The second kappa shape index (κ2) is 14.0. The monoisotopic (exact) mass is 476 g/mol. The van der Waals surface area contributed by atoms with E-state index in [2.05, 4.69) is 10.6 Å². The second-order valence-electron chi connectivity index (χ2n) is 7.63. The highest BCUT2D eigenvalue weighted by atomic mass is 16.4. The summed E-state index contributed by atoms with van der Waals surface area (Å²) < 4.78 is 0. The molecule has 33 heavy (non-hydrogen) atoms. The summed E-state index contributed by atoms with van der Waals surface area (Å²) in [6.45, 7) is 4.58. The summed E-state index contributed by atoms with van der Waals surface area (Å²) in [6, 6.07) is -6.00. The van der Waals surface area contributed by atoms with Gasteiger partial charge in [-0.2, -0.15) is 0 Å². The molecule has 0 bridgehead atoms. The number of nitrogens with one attached hydrogen (secondary N) is 3. The van der Waals surface area contributed by atoms with Crippen molar-refractivity contribution < 1.29 is 49.2 Å². The summed E-state index contributed by atoms with van der Waals surface area (Å²) >= 11 is 0. The fourth-order valence-electron chi connectivity index (χ4n) is 2.61. The fourth-order valence-corrected chi connectivity index (χ4v) is 2.61. The van der Waals surface area contributed by atoms with Crippen LogP contribution < -0.4 is 21.7 Å². The molecular formula is C19H32N4O10. The van der Waals surface area contributed by atoms with Crippen molar-refractivity contribution in [1.29, 1.82) is 0 Å². The summed E-state index contributed by atoms with van der Waals surface area (Å²) in [7, 11) is 0. The molecule has 0 aromatic heterocycles. The number of nitrogens with two attached hydrogens (primary N) is 1. The Balaban J connectivity index is 5.48. The summed E-state index contributed by atoms with van der Waals surface area (Å²) in [4.78, 5) is 70.5. The Morgan fingerprint density at radius 3 is 1.79 bits per heavy atom. The lowest BCUT2D eigenvalue weighted by atomic mass is 9.99. The number of carbonyl (C=O) groups excluding carboxylic acids is 3. The van der Waals surface area contributed by atoms with Crippen LogP contribution in [0.15, 0.2) is 0 Å². The van der Waals surface area contributed by atoms with E-state index in [0.717, 1.165) is 6.92 Å². The van der Waals surface area contributed by atoms with Crippen LogP contribution in [0.5, 0.6) is 0 Å². The molecule has 0 heterocycles. The molecule has 0 radical (unpaired) electrons. The Labute approximate surface area is 189 Å². The molecule has 0 rings (SSSR count). The van der Waals surface area contributed by atoms with Crippen LogP contribution in [0.2, 0.25) is 0 Å². The normalized spacial score (nSPS) is 16.3. The van der Waals surface area contributed by atoms with Crippen molar-refractivity contribution in [3.63, 3.8) is 0 Å². The van der Waals surface area contributed by atoms with Gasteiger partial charge in [0.05, 0.1) is 18.6 Å². The fraction of sp³-hybridized carbons (Fsp3) is 0.684. The summed E-state index contributed by atoms with van der Waals surface area (Å²) in [5, 5.41) is 43.1. The molecule has 0 saturated carbocycles. The van der Waals surface area contributed by atoms with Crippen LogP contribution in [0.4, 0.5) is 0 Å². The van der Waals surface area contributed by atoms with Gasteiger partial charge in [-0.25, -0.2) is 4.79 Å². The molecule has 3 amide bonds. The van der Waals surface area contributed by atoms with Gasteiger partial charge < -0.3 is 42.1 Å². The van der Waals surface area contributed by atoms with E-state index in [1.165, 1.54) is 0 Å². The van der Waals surface area contributed by atoms with Crippen molar-refractivity contribution in [3.8, 4) is 0 Å². The number of hydrogen-bond donors (Lipinski definition) is 8. The molecule has 6 atom stereocenters. The molecular weight excluding hydrogens is 444 g/mol. The lowest BCUT2D eigenvalue weighted by Crippen LogP contribution is -2.60. The van der Waals surface area contributed by atoms with Crippen LogP contribution in [0.25, 0.3) is 0 Å². The van der Waals surface area contributed by atoms with Gasteiger partial charge >= 0.3 is 17.9 Å². The predicted octanol–water partition coefficient (Wildman–Crippen LogP) is -2.38. The Bertz CT molecular complexity index is 742. The van der Waals surface area contributed by atoms with Crippen molar-refractivity contribution in [2.45, 2.75) is 76.7 Å². The number of rotatable bonds is 15. The summed E-state index contributed by atoms with van der Waals surface area (Å²) in [6.07, 6.45) is -2.88. The Morgan fingerprint density at radius 1 is 0.818 bits per heavy atom. The standard InChI is InChI=1S/C19H32N4O10/c1-4-8(2)14(20)17(30)22-11(7-13(27)28)16(29)23-15(9(3)24)18(31)21-10(19(32)33)5-6-12(25)26/h8-11,14-15,24H,4-7,20H2,1-3H3,(H,21,31)(H,22,30)(H,23,29)(H,25,26)(H,27,28)(H,32,33). The smallest absolute Gasteiger partial charge is 0.326 e. The molecule has 9 N–H and O–H groups in total. The van der Waals surface area contributed by atoms with Crippen molar-refractivity contribution in [2.24, 2.45) is 11.7 Å². The molecule has 0 aromatic carbocycles. The highest BCUT2D eigenvalue weighted by molar-refractivity contribution is 5.96. The van der Waals surface area contributed by atoms with E-state index in [9.17, 15) is 33.9 Å². The quantitative estimate of drug-likeness (QED) is 0.124. The maximum Gasteiger partial charge on any atom is 0.326 e. The third kappa shape index (κ3) is 10.7. The average molecular weight is 476 g/mol. The van der Waals surface area contributed by atoms with Gasteiger partial charge in [-0.05, 0) is 19.3 Å². The molecule has 0 aliphatic heterocycles. The van der Waals surface area contributed by atoms with Gasteiger partial charge in [-0.3, -0.25) is 24.0 Å². The number of aliphatic hydroxyl groups excluding tert-OH is 1. The van der Waals surface area contributed by atoms with E-state index in [4.69, 9.17) is 21.1 Å². The first-order valence-corrected chi connectivity index (χ1v) is 10.2. The van der Waals surface area contributed by atoms with E-state index < -0.39 is 85.2 Å². The molecule has 6 unspecified atom stereocenters. The highest BCUT2D eigenvalue weighted by Gasteiger charge is 2.34. The Hall–Kier alpha value is -3.26. The van der Waals surface area contributed by atoms with E-state index in [0.29, 0.717) is 6.42 Å². The van der Waals surface area contributed by atoms with Crippen LogP contribution in [-0.2, 0) is 28.8 Å². The zero-order chi connectivity index (χ0) is 25.9. The van der Waals surface area contributed by atoms with Crippen LogP contribution in [0.3, 0.4) is 0 Å². The summed E-state index contributed by atoms with van der Waals surface area (Å²) in [5.41, 5.74) is 5.79. The first kappa shape index (κ1) is 29.7. The number of aliphatic carboxylic acids is 3.